The average Bonchev–Trinajstić information content (AvgIpc) is 3.40. The van der Waals surface area contributed by atoms with Crippen LogP contribution >= 0.6 is 11.6 Å². The number of hydrogen-bond donors (Lipinski definition) is 2. The SMILES string of the molecule is CCCC(=O)OCOC(=O)C(O)CN(Cc1ccc(-c2cc(Cl)ccc2F)cc1)NC(=O)c1cc(OC)no1. The van der Waals surface area contributed by atoms with E-state index in [1.165, 1.54) is 36.4 Å². The standard InChI is InChI=1S/C26H27ClFN3O8/c1-3-4-24(33)37-15-38-26(35)21(32)14-31(29-25(34)22-12-23(36-2)30-39-22)13-16-5-7-17(8-6-16)19-11-18(27)9-10-20(19)28/h5-12,21,32H,3-4,13-15H2,1-2H3,(H,29,34). The minimum Gasteiger partial charge on any atom is -0.479 e. The lowest BCUT2D eigenvalue weighted by molar-refractivity contribution is -0.174. The Morgan fingerprint density at radius 3 is 2.56 bits per heavy atom. The summed E-state index contributed by atoms with van der Waals surface area (Å²) in [6.45, 7) is 0.757. The van der Waals surface area contributed by atoms with Gasteiger partial charge in [0, 0.05) is 23.6 Å². The summed E-state index contributed by atoms with van der Waals surface area (Å²) in [7, 11) is 1.35. The molecular weight excluding hydrogens is 537 g/mol. The minimum absolute atomic E-state index is 0.0190. The molecule has 13 heteroatoms. The molecule has 39 heavy (non-hydrogen) atoms. The van der Waals surface area contributed by atoms with Crippen molar-refractivity contribution in [1.82, 2.24) is 15.6 Å². The van der Waals surface area contributed by atoms with Gasteiger partial charge in [-0.1, -0.05) is 42.8 Å². The Bertz CT molecular complexity index is 1280. The van der Waals surface area contributed by atoms with Crippen LogP contribution in [0.5, 0.6) is 5.88 Å². The van der Waals surface area contributed by atoms with Gasteiger partial charge >= 0.3 is 17.8 Å². The van der Waals surface area contributed by atoms with Crippen LogP contribution in [0.15, 0.2) is 53.1 Å². The van der Waals surface area contributed by atoms with Gasteiger partial charge in [0.25, 0.3) is 5.88 Å². The number of carbonyl (C=O) groups is 3. The molecule has 1 aromatic heterocycles. The molecule has 2 aromatic carbocycles. The Morgan fingerprint density at radius 1 is 1.15 bits per heavy atom. The summed E-state index contributed by atoms with van der Waals surface area (Å²) in [6, 6.07) is 12.2. The molecule has 3 rings (SSSR count). The van der Waals surface area contributed by atoms with Crippen LogP contribution in [-0.4, -0.2) is 59.7 Å². The predicted molar refractivity (Wildman–Crippen MR) is 136 cm³/mol. The Kier molecular flexibility index (Phi) is 10.8. The summed E-state index contributed by atoms with van der Waals surface area (Å²) < 4.78 is 33.7. The first-order valence-corrected chi connectivity index (χ1v) is 12.2. The van der Waals surface area contributed by atoms with Crippen molar-refractivity contribution in [3.8, 4) is 17.0 Å². The maximum Gasteiger partial charge on any atom is 0.339 e. The van der Waals surface area contributed by atoms with Gasteiger partial charge in [-0.15, -0.1) is 0 Å². The normalized spacial score (nSPS) is 11.6. The molecule has 0 aliphatic carbocycles. The number of ether oxygens (including phenoxy) is 3. The van der Waals surface area contributed by atoms with Crippen LogP contribution in [0.2, 0.25) is 5.02 Å². The lowest BCUT2D eigenvalue weighted by Crippen LogP contribution is -2.47. The van der Waals surface area contributed by atoms with E-state index in [0.29, 0.717) is 28.1 Å². The quantitative estimate of drug-likeness (QED) is 0.180. The highest BCUT2D eigenvalue weighted by atomic mass is 35.5. The van der Waals surface area contributed by atoms with E-state index in [9.17, 15) is 23.9 Å². The number of aliphatic hydroxyl groups excluding tert-OH is 1. The van der Waals surface area contributed by atoms with Crippen LogP contribution in [0.1, 0.15) is 35.9 Å². The molecule has 0 aliphatic rings. The monoisotopic (exact) mass is 563 g/mol. The molecule has 3 aromatic rings. The molecule has 0 spiro atoms. The fourth-order valence-electron chi connectivity index (χ4n) is 3.35. The first-order valence-electron chi connectivity index (χ1n) is 11.8. The molecule has 0 bridgehead atoms. The fourth-order valence-corrected chi connectivity index (χ4v) is 3.52. The fraction of sp³-hybridized carbons (Fsp3) is 0.308. The summed E-state index contributed by atoms with van der Waals surface area (Å²) in [4.78, 5) is 36.3. The third-order valence-corrected chi connectivity index (χ3v) is 5.52. The van der Waals surface area contributed by atoms with Gasteiger partial charge in [-0.25, -0.2) is 14.2 Å². The highest BCUT2D eigenvalue weighted by Gasteiger charge is 2.24. The molecule has 0 fully saturated rings. The van der Waals surface area contributed by atoms with Crippen molar-refractivity contribution >= 4 is 29.4 Å². The Morgan fingerprint density at radius 2 is 1.90 bits per heavy atom. The molecular formula is C26H27ClFN3O8. The van der Waals surface area contributed by atoms with Crippen LogP contribution in [0.3, 0.4) is 0 Å². The number of methoxy groups -OCH3 is 1. The molecule has 0 saturated carbocycles. The van der Waals surface area contributed by atoms with Crippen LogP contribution < -0.4 is 10.2 Å². The zero-order chi connectivity index (χ0) is 28.4. The number of aromatic nitrogens is 1. The van der Waals surface area contributed by atoms with E-state index in [1.54, 1.807) is 31.2 Å². The number of rotatable bonds is 13. The van der Waals surface area contributed by atoms with E-state index in [2.05, 4.69) is 10.6 Å². The van der Waals surface area contributed by atoms with E-state index in [-0.39, 0.29) is 24.6 Å². The number of hydrazine groups is 1. The lowest BCUT2D eigenvalue weighted by atomic mass is 10.0. The molecule has 11 nitrogen and oxygen atoms in total. The Labute approximate surface area is 228 Å². The molecule has 0 radical (unpaired) electrons. The van der Waals surface area contributed by atoms with E-state index < -0.39 is 43.1 Å². The van der Waals surface area contributed by atoms with E-state index >= 15 is 0 Å². The lowest BCUT2D eigenvalue weighted by Gasteiger charge is -2.24. The van der Waals surface area contributed by atoms with Crippen molar-refractivity contribution < 1.29 is 42.6 Å². The maximum absolute atomic E-state index is 14.3. The molecule has 0 aliphatic heterocycles. The highest BCUT2D eigenvalue weighted by molar-refractivity contribution is 6.30. The summed E-state index contributed by atoms with van der Waals surface area (Å²) >= 11 is 5.99. The molecule has 2 N–H and O–H groups in total. The van der Waals surface area contributed by atoms with Gasteiger partial charge in [0.1, 0.15) is 5.82 Å². The largest absolute Gasteiger partial charge is 0.479 e. The molecule has 1 heterocycles. The molecule has 1 amide bonds. The highest BCUT2D eigenvalue weighted by Crippen LogP contribution is 2.26. The summed E-state index contributed by atoms with van der Waals surface area (Å²) in [6.07, 6.45) is -0.982. The van der Waals surface area contributed by atoms with Gasteiger partial charge in [0.2, 0.25) is 12.6 Å². The zero-order valence-electron chi connectivity index (χ0n) is 21.2. The van der Waals surface area contributed by atoms with Crippen molar-refractivity contribution in [2.24, 2.45) is 0 Å². The predicted octanol–water partition coefficient (Wildman–Crippen LogP) is 3.49. The number of nitrogens with one attached hydrogen (secondary N) is 1. The molecule has 1 unspecified atom stereocenters. The van der Waals surface area contributed by atoms with Crippen LogP contribution in [0.25, 0.3) is 11.1 Å². The molecule has 1 atom stereocenters. The first kappa shape index (κ1) is 29.6. The second-order valence-electron chi connectivity index (χ2n) is 8.24. The number of carbonyl (C=O) groups excluding carboxylic acids is 3. The summed E-state index contributed by atoms with van der Waals surface area (Å²) in [5.41, 5.74) is 4.07. The van der Waals surface area contributed by atoms with Crippen LogP contribution in [0.4, 0.5) is 4.39 Å². The smallest absolute Gasteiger partial charge is 0.339 e. The Balaban J connectivity index is 1.71. The second kappa shape index (κ2) is 14.2. The number of benzene rings is 2. The van der Waals surface area contributed by atoms with Gasteiger partial charge < -0.3 is 23.8 Å². The van der Waals surface area contributed by atoms with Crippen LogP contribution in [0, 0.1) is 5.82 Å². The third-order valence-electron chi connectivity index (χ3n) is 5.29. The van der Waals surface area contributed by atoms with Crippen LogP contribution in [-0.2, 0) is 25.6 Å². The number of aliphatic hydroxyl groups is 1. The summed E-state index contributed by atoms with van der Waals surface area (Å²) in [5.74, 6) is -2.87. The van der Waals surface area contributed by atoms with Crippen molar-refractivity contribution in [3.63, 3.8) is 0 Å². The number of amides is 1. The van der Waals surface area contributed by atoms with Crippen molar-refractivity contribution in [2.45, 2.75) is 32.4 Å². The van der Waals surface area contributed by atoms with E-state index in [4.69, 9.17) is 30.3 Å². The topological polar surface area (TPSA) is 140 Å². The number of esters is 2. The third kappa shape index (κ3) is 8.77. The second-order valence-corrected chi connectivity index (χ2v) is 8.68. The maximum atomic E-state index is 14.3. The van der Waals surface area contributed by atoms with E-state index in [1.807, 2.05) is 0 Å². The van der Waals surface area contributed by atoms with E-state index in [0.717, 1.165) is 0 Å². The zero-order valence-corrected chi connectivity index (χ0v) is 21.9. The van der Waals surface area contributed by atoms with Crippen molar-refractivity contribution in [2.75, 3.05) is 20.4 Å². The van der Waals surface area contributed by atoms with Crippen molar-refractivity contribution in [1.29, 1.82) is 0 Å². The van der Waals surface area contributed by atoms with Gasteiger partial charge in [-0.2, -0.15) is 0 Å². The first-order chi connectivity index (χ1) is 18.7. The number of nitrogens with zero attached hydrogens (tertiary/aromatic N) is 2. The number of halogens is 2. The average molecular weight is 564 g/mol. The van der Waals surface area contributed by atoms with Crippen molar-refractivity contribution in [3.05, 3.63) is 70.7 Å². The van der Waals surface area contributed by atoms with Gasteiger partial charge in [0.05, 0.1) is 19.7 Å². The molecule has 0 saturated heterocycles. The molecule has 208 valence electrons. The van der Waals surface area contributed by atoms with Gasteiger partial charge in [0.15, 0.2) is 6.10 Å². The summed E-state index contributed by atoms with van der Waals surface area (Å²) in [5, 5.41) is 15.6. The minimum atomic E-state index is -1.71. The Hall–Kier alpha value is -4.00. The van der Waals surface area contributed by atoms with Gasteiger partial charge in [-0.3, -0.25) is 15.0 Å². The number of hydrogen-bond acceptors (Lipinski definition) is 10. The van der Waals surface area contributed by atoms with Gasteiger partial charge in [-0.05, 0) is 40.9 Å².